The van der Waals surface area contributed by atoms with Crippen molar-refractivity contribution in [3.05, 3.63) is 65.7 Å². The molecule has 0 unspecified atom stereocenters. The first-order valence-corrected chi connectivity index (χ1v) is 7.79. The van der Waals surface area contributed by atoms with Crippen molar-refractivity contribution in [1.29, 1.82) is 0 Å². The number of amides is 1. The lowest BCUT2D eigenvalue weighted by Crippen LogP contribution is -2.30. The lowest BCUT2D eigenvalue weighted by Gasteiger charge is -2.10. The molecule has 0 aromatic heterocycles. The average Bonchev–Trinajstić information content (AvgIpc) is 2.59. The van der Waals surface area contributed by atoms with Crippen molar-refractivity contribution in [2.24, 2.45) is 0 Å². The Morgan fingerprint density at radius 2 is 1.67 bits per heavy atom. The third-order valence-corrected chi connectivity index (χ3v) is 3.12. The van der Waals surface area contributed by atoms with E-state index < -0.39 is 5.97 Å². The maximum Gasteiger partial charge on any atom is 0.325 e. The van der Waals surface area contributed by atoms with Crippen molar-refractivity contribution in [3.8, 4) is 5.75 Å². The molecule has 24 heavy (non-hydrogen) atoms. The summed E-state index contributed by atoms with van der Waals surface area (Å²) < 4.78 is 10.6. The van der Waals surface area contributed by atoms with Gasteiger partial charge in [0, 0.05) is 5.56 Å². The molecule has 5 nitrogen and oxygen atoms in total. The predicted molar refractivity (Wildman–Crippen MR) is 90.8 cm³/mol. The van der Waals surface area contributed by atoms with Gasteiger partial charge >= 0.3 is 5.97 Å². The number of esters is 1. The Morgan fingerprint density at radius 3 is 2.29 bits per heavy atom. The number of nitrogens with one attached hydrogen (secondary N) is 1. The van der Waals surface area contributed by atoms with E-state index in [9.17, 15) is 9.59 Å². The fourth-order valence-electron chi connectivity index (χ4n) is 2.00. The van der Waals surface area contributed by atoms with Crippen molar-refractivity contribution in [2.75, 3.05) is 6.54 Å². The van der Waals surface area contributed by atoms with Crippen LogP contribution in [0.25, 0.3) is 0 Å². The third kappa shape index (κ3) is 5.76. The van der Waals surface area contributed by atoms with E-state index in [1.165, 1.54) is 0 Å². The van der Waals surface area contributed by atoms with E-state index in [1.807, 2.05) is 44.2 Å². The van der Waals surface area contributed by atoms with Crippen LogP contribution in [0.4, 0.5) is 0 Å². The van der Waals surface area contributed by atoms with Crippen molar-refractivity contribution in [2.45, 2.75) is 26.6 Å². The lowest BCUT2D eigenvalue weighted by molar-refractivity contribution is -0.143. The molecule has 0 radical (unpaired) electrons. The zero-order chi connectivity index (χ0) is 17.4. The van der Waals surface area contributed by atoms with Crippen molar-refractivity contribution in [3.63, 3.8) is 0 Å². The standard InChI is InChI=1S/C19H21NO4/c1-14(2)24-17-10-8-16(9-11-17)19(22)20-12-18(21)23-13-15-6-4-3-5-7-15/h3-11,14H,12-13H2,1-2H3,(H,20,22). The molecular formula is C19H21NO4. The second-order valence-electron chi connectivity index (χ2n) is 5.52. The summed E-state index contributed by atoms with van der Waals surface area (Å²) in [4.78, 5) is 23.7. The molecule has 0 heterocycles. The zero-order valence-electron chi connectivity index (χ0n) is 13.8. The van der Waals surface area contributed by atoms with Crippen LogP contribution in [-0.4, -0.2) is 24.5 Å². The van der Waals surface area contributed by atoms with Crippen LogP contribution in [0.5, 0.6) is 5.75 Å². The molecule has 0 spiro atoms. The Morgan fingerprint density at radius 1 is 1.00 bits per heavy atom. The molecule has 0 saturated carbocycles. The minimum absolute atomic E-state index is 0.0732. The molecule has 2 aromatic carbocycles. The van der Waals surface area contributed by atoms with Gasteiger partial charge < -0.3 is 14.8 Å². The minimum atomic E-state index is -0.480. The predicted octanol–water partition coefficient (Wildman–Crippen LogP) is 2.95. The van der Waals surface area contributed by atoms with Crippen LogP contribution in [0, 0.1) is 0 Å². The molecule has 2 aromatic rings. The summed E-state index contributed by atoms with van der Waals surface area (Å²) >= 11 is 0. The van der Waals surface area contributed by atoms with E-state index in [1.54, 1.807) is 24.3 Å². The molecule has 1 amide bonds. The van der Waals surface area contributed by atoms with Crippen LogP contribution in [-0.2, 0) is 16.1 Å². The van der Waals surface area contributed by atoms with E-state index in [-0.39, 0.29) is 25.2 Å². The molecule has 1 N–H and O–H groups in total. The summed E-state index contributed by atoms with van der Waals surface area (Å²) in [5.74, 6) is -0.112. The topological polar surface area (TPSA) is 64.6 Å². The van der Waals surface area contributed by atoms with Crippen LogP contribution < -0.4 is 10.1 Å². The molecule has 0 aliphatic heterocycles. The quantitative estimate of drug-likeness (QED) is 0.794. The highest BCUT2D eigenvalue weighted by molar-refractivity contribution is 5.96. The van der Waals surface area contributed by atoms with Gasteiger partial charge in [0.05, 0.1) is 6.10 Å². The first-order chi connectivity index (χ1) is 11.5. The van der Waals surface area contributed by atoms with Gasteiger partial charge in [-0.05, 0) is 43.7 Å². The van der Waals surface area contributed by atoms with Gasteiger partial charge in [0.15, 0.2) is 0 Å². The van der Waals surface area contributed by atoms with Crippen LogP contribution in [0.1, 0.15) is 29.8 Å². The number of hydrogen-bond acceptors (Lipinski definition) is 4. The summed E-state index contributed by atoms with van der Waals surface area (Å²) in [7, 11) is 0. The van der Waals surface area contributed by atoms with Crippen LogP contribution in [0.2, 0.25) is 0 Å². The molecule has 0 fully saturated rings. The summed E-state index contributed by atoms with van der Waals surface area (Å²) in [6, 6.07) is 16.1. The molecule has 126 valence electrons. The Labute approximate surface area is 141 Å². The Bertz CT molecular complexity index is 666. The Kier molecular flexibility index (Phi) is 6.37. The zero-order valence-corrected chi connectivity index (χ0v) is 13.8. The first-order valence-electron chi connectivity index (χ1n) is 7.79. The molecule has 2 rings (SSSR count). The van der Waals surface area contributed by atoms with Crippen LogP contribution >= 0.6 is 0 Å². The van der Waals surface area contributed by atoms with E-state index in [2.05, 4.69) is 5.32 Å². The van der Waals surface area contributed by atoms with Gasteiger partial charge in [-0.1, -0.05) is 30.3 Å². The van der Waals surface area contributed by atoms with E-state index in [0.717, 1.165) is 5.56 Å². The number of ether oxygens (including phenoxy) is 2. The highest BCUT2D eigenvalue weighted by Gasteiger charge is 2.09. The second-order valence-corrected chi connectivity index (χ2v) is 5.52. The van der Waals surface area contributed by atoms with Crippen LogP contribution in [0.3, 0.4) is 0 Å². The Balaban J connectivity index is 1.76. The number of hydrogen-bond donors (Lipinski definition) is 1. The highest BCUT2D eigenvalue weighted by atomic mass is 16.5. The van der Waals surface area contributed by atoms with Crippen LogP contribution in [0.15, 0.2) is 54.6 Å². The summed E-state index contributed by atoms with van der Waals surface area (Å²) in [5.41, 5.74) is 1.36. The number of carbonyl (C=O) groups is 2. The monoisotopic (exact) mass is 327 g/mol. The normalized spacial score (nSPS) is 10.3. The molecule has 5 heteroatoms. The van der Waals surface area contributed by atoms with Crippen molar-refractivity contribution < 1.29 is 19.1 Å². The molecule has 0 aliphatic carbocycles. The first kappa shape index (κ1) is 17.5. The van der Waals surface area contributed by atoms with Gasteiger partial charge in [0.1, 0.15) is 18.9 Å². The molecule has 0 saturated heterocycles. The summed E-state index contributed by atoms with van der Waals surface area (Å²) in [6.45, 7) is 3.88. The maximum absolute atomic E-state index is 12.0. The number of rotatable bonds is 7. The lowest BCUT2D eigenvalue weighted by atomic mass is 10.2. The van der Waals surface area contributed by atoms with E-state index in [0.29, 0.717) is 11.3 Å². The maximum atomic E-state index is 12.0. The number of benzene rings is 2. The number of carbonyl (C=O) groups excluding carboxylic acids is 2. The SMILES string of the molecule is CC(C)Oc1ccc(C(=O)NCC(=O)OCc2ccccc2)cc1. The molecule has 0 aliphatic rings. The van der Waals surface area contributed by atoms with Crippen molar-refractivity contribution in [1.82, 2.24) is 5.32 Å². The second kappa shape index (κ2) is 8.72. The van der Waals surface area contributed by atoms with Gasteiger partial charge in [-0.15, -0.1) is 0 Å². The fraction of sp³-hybridized carbons (Fsp3) is 0.263. The minimum Gasteiger partial charge on any atom is -0.491 e. The van der Waals surface area contributed by atoms with Crippen molar-refractivity contribution >= 4 is 11.9 Å². The third-order valence-electron chi connectivity index (χ3n) is 3.12. The highest BCUT2D eigenvalue weighted by Crippen LogP contribution is 2.13. The van der Waals surface area contributed by atoms with E-state index in [4.69, 9.17) is 9.47 Å². The van der Waals surface area contributed by atoms with Gasteiger partial charge in [0.25, 0.3) is 5.91 Å². The molecule has 0 atom stereocenters. The van der Waals surface area contributed by atoms with Gasteiger partial charge in [-0.25, -0.2) is 0 Å². The van der Waals surface area contributed by atoms with Gasteiger partial charge in [-0.3, -0.25) is 9.59 Å². The Hall–Kier alpha value is -2.82. The molecular weight excluding hydrogens is 306 g/mol. The van der Waals surface area contributed by atoms with Gasteiger partial charge in [-0.2, -0.15) is 0 Å². The van der Waals surface area contributed by atoms with E-state index >= 15 is 0 Å². The summed E-state index contributed by atoms with van der Waals surface area (Å²) in [5, 5.41) is 2.54. The van der Waals surface area contributed by atoms with Gasteiger partial charge in [0.2, 0.25) is 0 Å². The fourth-order valence-corrected chi connectivity index (χ4v) is 2.00. The largest absolute Gasteiger partial charge is 0.491 e. The average molecular weight is 327 g/mol. The summed E-state index contributed by atoms with van der Waals surface area (Å²) in [6.07, 6.45) is 0.0732. The smallest absolute Gasteiger partial charge is 0.325 e. The molecule has 0 bridgehead atoms.